The van der Waals surface area contributed by atoms with E-state index in [2.05, 4.69) is 24.5 Å². The zero-order valence-corrected chi connectivity index (χ0v) is 20.0. The minimum absolute atomic E-state index is 0.00194. The molecule has 7 heteroatoms. The third kappa shape index (κ3) is 4.42. The van der Waals surface area contributed by atoms with Crippen molar-refractivity contribution in [2.45, 2.75) is 39.5 Å². The molecule has 0 radical (unpaired) electrons. The Labute approximate surface area is 198 Å². The molecule has 0 saturated carbocycles. The smallest absolute Gasteiger partial charge is 0.254 e. The SMILES string of the molecule is COc1ccc(C2C(C(=O)Nc3cccc(F)c3)=C(C)NC3=C2C(=O)CC(C)(C)C3)cc1OC. The first-order valence-corrected chi connectivity index (χ1v) is 11.2. The van der Waals surface area contributed by atoms with Crippen LogP contribution in [0.4, 0.5) is 10.1 Å². The molecule has 2 N–H and O–H groups in total. The van der Waals surface area contributed by atoms with Gasteiger partial charge in [0.05, 0.1) is 14.2 Å². The van der Waals surface area contributed by atoms with Gasteiger partial charge in [0.25, 0.3) is 5.91 Å². The molecule has 1 aliphatic heterocycles. The summed E-state index contributed by atoms with van der Waals surface area (Å²) >= 11 is 0. The highest BCUT2D eigenvalue weighted by Gasteiger charge is 2.42. The molecule has 178 valence electrons. The molecule has 0 bridgehead atoms. The van der Waals surface area contributed by atoms with Gasteiger partial charge in [-0.1, -0.05) is 26.0 Å². The number of carbonyl (C=O) groups excluding carboxylic acids is 2. The van der Waals surface area contributed by atoms with Crippen molar-refractivity contribution in [2.24, 2.45) is 5.41 Å². The standard InChI is InChI=1S/C27H29FN2O4/c1-15-23(26(32)30-18-8-6-7-17(28)12-18)24(16-9-10-21(33-4)22(11-16)34-5)25-19(29-15)13-27(2,3)14-20(25)31/h6-12,24,29H,13-14H2,1-5H3,(H,30,32). The number of hydrogen-bond donors (Lipinski definition) is 2. The van der Waals surface area contributed by atoms with E-state index in [0.29, 0.717) is 46.9 Å². The van der Waals surface area contributed by atoms with Crippen LogP contribution in [-0.4, -0.2) is 25.9 Å². The molecule has 1 unspecified atom stereocenters. The highest BCUT2D eigenvalue weighted by atomic mass is 19.1. The summed E-state index contributed by atoms with van der Waals surface area (Å²) in [4.78, 5) is 27.0. The lowest BCUT2D eigenvalue weighted by Crippen LogP contribution is -2.39. The van der Waals surface area contributed by atoms with Crippen molar-refractivity contribution in [1.82, 2.24) is 5.32 Å². The van der Waals surface area contributed by atoms with Gasteiger partial charge in [0.1, 0.15) is 5.82 Å². The van der Waals surface area contributed by atoms with Crippen molar-refractivity contribution in [3.05, 3.63) is 76.4 Å². The van der Waals surface area contributed by atoms with Crippen LogP contribution in [0.15, 0.2) is 65.0 Å². The molecule has 0 aromatic heterocycles. The molecule has 2 aliphatic rings. The molecule has 4 rings (SSSR count). The number of rotatable bonds is 5. The molecule has 2 aromatic carbocycles. The number of ether oxygens (including phenoxy) is 2. The van der Waals surface area contributed by atoms with Crippen LogP contribution >= 0.6 is 0 Å². The first-order chi connectivity index (χ1) is 16.1. The lowest BCUT2D eigenvalue weighted by atomic mass is 9.68. The Morgan fingerprint density at radius 2 is 1.82 bits per heavy atom. The first-order valence-electron chi connectivity index (χ1n) is 11.2. The maximum atomic E-state index is 13.7. The highest BCUT2D eigenvalue weighted by molar-refractivity contribution is 6.10. The summed E-state index contributed by atoms with van der Waals surface area (Å²) < 4.78 is 24.6. The zero-order chi connectivity index (χ0) is 24.6. The number of methoxy groups -OCH3 is 2. The Morgan fingerprint density at radius 1 is 1.09 bits per heavy atom. The largest absolute Gasteiger partial charge is 0.493 e. The highest BCUT2D eigenvalue weighted by Crippen LogP contribution is 2.47. The maximum Gasteiger partial charge on any atom is 0.254 e. The third-order valence-corrected chi connectivity index (χ3v) is 6.31. The fourth-order valence-electron chi connectivity index (χ4n) is 4.87. The number of nitrogens with one attached hydrogen (secondary N) is 2. The summed E-state index contributed by atoms with van der Waals surface area (Å²) in [6, 6.07) is 11.1. The second-order valence-electron chi connectivity index (χ2n) is 9.51. The van der Waals surface area contributed by atoms with Gasteiger partial charge < -0.3 is 20.1 Å². The van der Waals surface area contributed by atoms with Gasteiger partial charge in [0, 0.05) is 40.6 Å². The lowest BCUT2D eigenvalue weighted by molar-refractivity contribution is -0.118. The monoisotopic (exact) mass is 464 g/mol. The average molecular weight is 465 g/mol. The molecule has 0 fully saturated rings. The molecule has 34 heavy (non-hydrogen) atoms. The summed E-state index contributed by atoms with van der Waals surface area (Å²) in [5, 5.41) is 6.12. The van der Waals surface area contributed by atoms with Crippen LogP contribution < -0.4 is 20.1 Å². The number of ketones is 1. The summed E-state index contributed by atoms with van der Waals surface area (Å²) in [6.45, 7) is 5.95. The van der Waals surface area contributed by atoms with Crippen LogP contribution in [0.25, 0.3) is 0 Å². The molecule has 0 saturated heterocycles. The molecule has 1 atom stereocenters. The van der Waals surface area contributed by atoms with E-state index in [9.17, 15) is 14.0 Å². The summed E-state index contributed by atoms with van der Waals surface area (Å²) in [7, 11) is 3.10. The van der Waals surface area contributed by atoms with Gasteiger partial charge in [-0.2, -0.15) is 0 Å². The molecule has 0 spiro atoms. The Bertz CT molecular complexity index is 1230. The number of hydrogen-bond acceptors (Lipinski definition) is 5. The van der Waals surface area contributed by atoms with E-state index in [-0.39, 0.29) is 11.2 Å². The van der Waals surface area contributed by atoms with Gasteiger partial charge in [-0.3, -0.25) is 9.59 Å². The summed E-state index contributed by atoms with van der Waals surface area (Å²) in [6.07, 6.45) is 1.07. The minimum Gasteiger partial charge on any atom is -0.493 e. The fraction of sp³-hybridized carbons (Fsp3) is 0.333. The molecule has 2 aromatic rings. The third-order valence-electron chi connectivity index (χ3n) is 6.31. The van der Waals surface area contributed by atoms with Gasteiger partial charge in [0.15, 0.2) is 17.3 Å². The van der Waals surface area contributed by atoms with Crippen molar-refractivity contribution in [3.8, 4) is 11.5 Å². The van der Waals surface area contributed by atoms with E-state index in [1.165, 1.54) is 18.2 Å². The molecule has 1 aliphatic carbocycles. The number of carbonyl (C=O) groups is 2. The van der Waals surface area contributed by atoms with E-state index in [4.69, 9.17) is 9.47 Å². The van der Waals surface area contributed by atoms with Crippen LogP contribution in [0, 0.1) is 11.2 Å². The number of dihydropyridines is 1. The number of allylic oxidation sites excluding steroid dienone is 3. The van der Waals surface area contributed by atoms with Gasteiger partial charge in [-0.25, -0.2) is 4.39 Å². The van der Waals surface area contributed by atoms with Crippen LogP contribution in [0.2, 0.25) is 0 Å². The predicted molar refractivity (Wildman–Crippen MR) is 128 cm³/mol. The van der Waals surface area contributed by atoms with Crippen molar-refractivity contribution >= 4 is 17.4 Å². The summed E-state index contributed by atoms with van der Waals surface area (Å²) in [5.74, 6) is -0.393. The van der Waals surface area contributed by atoms with Crippen molar-refractivity contribution < 1.29 is 23.5 Å². The molecule has 6 nitrogen and oxygen atoms in total. The molecular weight excluding hydrogens is 435 g/mol. The predicted octanol–water partition coefficient (Wildman–Crippen LogP) is 5.09. The van der Waals surface area contributed by atoms with Crippen molar-refractivity contribution in [1.29, 1.82) is 0 Å². The summed E-state index contributed by atoms with van der Waals surface area (Å²) in [5.41, 5.74) is 3.37. The first kappa shape index (κ1) is 23.5. The van der Waals surface area contributed by atoms with Crippen LogP contribution in [0.1, 0.15) is 45.1 Å². The Kier molecular flexibility index (Phi) is 6.21. The number of halogens is 1. The van der Waals surface area contributed by atoms with E-state index in [1.54, 1.807) is 32.4 Å². The van der Waals surface area contributed by atoms with Gasteiger partial charge in [0.2, 0.25) is 0 Å². The van der Waals surface area contributed by atoms with Crippen molar-refractivity contribution in [2.75, 3.05) is 19.5 Å². The van der Waals surface area contributed by atoms with Gasteiger partial charge >= 0.3 is 0 Å². The molecular formula is C27H29FN2O4. The van der Waals surface area contributed by atoms with E-state index in [0.717, 1.165) is 11.3 Å². The van der Waals surface area contributed by atoms with E-state index >= 15 is 0 Å². The number of anilines is 1. The maximum absolute atomic E-state index is 13.7. The second kappa shape index (κ2) is 8.97. The average Bonchev–Trinajstić information content (AvgIpc) is 2.76. The molecule has 1 amide bonds. The van der Waals surface area contributed by atoms with Crippen LogP contribution in [-0.2, 0) is 9.59 Å². The molecule has 1 heterocycles. The second-order valence-corrected chi connectivity index (χ2v) is 9.51. The van der Waals surface area contributed by atoms with E-state index in [1.807, 2.05) is 13.0 Å². The Balaban J connectivity index is 1.84. The Morgan fingerprint density at radius 3 is 2.50 bits per heavy atom. The Hall–Kier alpha value is -3.61. The number of Topliss-reactive ketones (excluding diaryl/α,β-unsaturated/α-hetero) is 1. The van der Waals surface area contributed by atoms with Gasteiger partial charge in [-0.15, -0.1) is 0 Å². The van der Waals surface area contributed by atoms with E-state index < -0.39 is 17.6 Å². The van der Waals surface area contributed by atoms with Gasteiger partial charge in [-0.05, 0) is 54.7 Å². The lowest BCUT2D eigenvalue weighted by Gasteiger charge is -2.39. The van der Waals surface area contributed by atoms with Crippen LogP contribution in [0.3, 0.4) is 0 Å². The fourth-order valence-corrected chi connectivity index (χ4v) is 4.87. The normalized spacial score (nSPS) is 19.4. The quantitative estimate of drug-likeness (QED) is 0.645. The minimum atomic E-state index is -0.604. The topological polar surface area (TPSA) is 76.7 Å². The van der Waals surface area contributed by atoms with Crippen LogP contribution in [0.5, 0.6) is 11.5 Å². The number of amides is 1. The zero-order valence-electron chi connectivity index (χ0n) is 20.0. The number of benzene rings is 2. The van der Waals surface area contributed by atoms with Crippen molar-refractivity contribution in [3.63, 3.8) is 0 Å².